The third kappa shape index (κ3) is 11.4. The summed E-state index contributed by atoms with van der Waals surface area (Å²) >= 11 is 0. The number of ether oxygens (including phenoxy) is 4. The van der Waals surface area contributed by atoms with Crippen LogP contribution in [0.25, 0.3) is 0 Å². The molecule has 0 saturated carbocycles. The summed E-state index contributed by atoms with van der Waals surface area (Å²) < 4.78 is 22.2. The lowest BCUT2D eigenvalue weighted by atomic mass is 10.1. The minimum absolute atomic E-state index is 0.00115. The van der Waals surface area contributed by atoms with E-state index in [1.165, 1.54) is 0 Å². The maximum atomic E-state index is 13.6. The molecular formula is C43H49N5O6. The molecule has 0 unspecified atom stereocenters. The van der Waals surface area contributed by atoms with Crippen LogP contribution < -0.4 is 19.3 Å². The van der Waals surface area contributed by atoms with Gasteiger partial charge in [-0.15, -0.1) is 0 Å². The molecule has 0 radical (unpaired) electrons. The standard InChI is InChI=1S/C43H49N5O6/c1-45(2)38-15-7-32(8-16-38)26-47(28-34-11-19-40(51-5)20-12-34)42(49)53-30-36-23-37(25-44-24-36)31-54-43(50)48(29-35-13-21-41(52-6)22-14-35)27-33-9-17-39(18-10-33)46(3)4/h7-25H,26-31H2,1-6H3. The number of carbonyl (C=O) groups excluding carboxylic acids is 2. The van der Waals surface area contributed by atoms with Crippen LogP contribution in [0.3, 0.4) is 0 Å². The van der Waals surface area contributed by atoms with Crippen LogP contribution in [0.2, 0.25) is 0 Å². The largest absolute Gasteiger partial charge is 0.497 e. The molecule has 11 heteroatoms. The smallest absolute Gasteiger partial charge is 0.410 e. The van der Waals surface area contributed by atoms with Crippen LogP contribution >= 0.6 is 0 Å². The second kappa shape index (κ2) is 19.0. The Morgan fingerprint density at radius 1 is 0.481 bits per heavy atom. The molecule has 0 saturated heterocycles. The van der Waals surface area contributed by atoms with Gasteiger partial charge in [-0.3, -0.25) is 14.8 Å². The molecular weight excluding hydrogens is 683 g/mol. The summed E-state index contributed by atoms with van der Waals surface area (Å²) in [7, 11) is 11.2. The van der Waals surface area contributed by atoms with E-state index in [9.17, 15) is 9.59 Å². The average molecular weight is 732 g/mol. The van der Waals surface area contributed by atoms with E-state index < -0.39 is 12.2 Å². The highest BCUT2D eigenvalue weighted by Gasteiger charge is 2.19. The van der Waals surface area contributed by atoms with Gasteiger partial charge < -0.3 is 28.7 Å². The Hall–Kier alpha value is -6.23. The maximum Gasteiger partial charge on any atom is 0.410 e. The zero-order chi connectivity index (χ0) is 38.5. The number of benzene rings is 4. The van der Waals surface area contributed by atoms with Crippen LogP contribution in [-0.2, 0) is 48.9 Å². The molecule has 0 spiro atoms. The number of methoxy groups -OCH3 is 2. The van der Waals surface area contributed by atoms with Gasteiger partial charge in [0.2, 0.25) is 0 Å². The minimum Gasteiger partial charge on any atom is -0.497 e. The van der Waals surface area contributed by atoms with E-state index >= 15 is 0 Å². The normalized spacial score (nSPS) is 10.6. The van der Waals surface area contributed by atoms with E-state index in [4.69, 9.17) is 18.9 Å². The molecule has 4 aromatic carbocycles. The van der Waals surface area contributed by atoms with Gasteiger partial charge in [-0.25, -0.2) is 9.59 Å². The van der Waals surface area contributed by atoms with E-state index in [0.717, 1.165) is 45.1 Å². The quantitative estimate of drug-likeness (QED) is 0.100. The van der Waals surface area contributed by atoms with Crippen LogP contribution in [0.15, 0.2) is 116 Å². The number of pyridine rings is 1. The van der Waals surface area contributed by atoms with Gasteiger partial charge >= 0.3 is 12.2 Å². The second-order valence-corrected chi connectivity index (χ2v) is 13.3. The highest BCUT2D eigenvalue weighted by Crippen LogP contribution is 2.21. The maximum absolute atomic E-state index is 13.6. The first-order chi connectivity index (χ1) is 26.1. The van der Waals surface area contributed by atoms with Gasteiger partial charge in [0.25, 0.3) is 0 Å². The molecule has 0 N–H and O–H groups in total. The first-order valence-electron chi connectivity index (χ1n) is 17.6. The van der Waals surface area contributed by atoms with Crippen molar-refractivity contribution in [2.75, 3.05) is 52.2 Å². The zero-order valence-corrected chi connectivity index (χ0v) is 31.9. The molecule has 11 nitrogen and oxygen atoms in total. The molecule has 0 aliphatic carbocycles. The van der Waals surface area contributed by atoms with Gasteiger partial charge in [0.1, 0.15) is 24.7 Å². The summed E-state index contributed by atoms with van der Waals surface area (Å²) in [6.45, 7) is 1.41. The summed E-state index contributed by atoms with van der Waals surface area (Å²) in [5, 5.41) is 0. The fourth-order valence-electron chi connectivity index (χ4n) is 5.68. The SMILES string of the molecule is COc1ccc(CN(Cc2ccc(N(C)C)cc2)C(=O)OCc2cncc(COC(=O)N(Cc3ccc(OC)cc3)Cc3ccc(N(C)C)cc3)c2)cc1. The van der Waals surface area contributed by atoms with Crippen LogP contribution in [0.4, 0.5) is 21.0 Å². The Morgan fingerprint density at radius 3 is 1.09 bits per heavy atom. The summed E-state index contributed by atoms with van der Waals surface area (Å²) in [5.41, 5.74) is 7.32. The monoisotopic (exact) mass is 731 g/mol. The molecule has 282 valence electrons. The van der Waals surface area contributed by atoms with Crippen molar-refractivity contribution in [3.8, 4) is 11.5 Å². The molecule has 0 fully saturated rings. The van der Waals surface area contributed by atoms with Crippen LogP contribution in [0, 0.1) is 0 Å². The summed E-state index contributed by atoms with van der Waals surface area (Å²) in [6.07, 6.45) is 2.35. The Morgan fingerprint density at radius 2 is 0.796 bits per heavy atom. The van der Waals surface area contributed by atoms with Gasteiger partial charge in [-0.2, -0.15) is 0 Å². The molecule has 1 heterocycles. The van der Waals surface area contributed by atoms with Crippen molar-refractivity contribution in [3.05, 3.63) is 149 Å². The van der Waals surface area contributed by atoms with Crippen molar-refractivity contribution in [1.29, 1.82) is 0 Å². The molecule has 54 heavy (non-hydrogen) atoms. The predicted octanol–water partition coefficient (Wildman–Crippen LogP) is 7.91. The third-order valence-corrected chi connectivity index (χ3v) is 8.81. The summed E-state index contributed by atoms with van der Waals surface area (Å²) in [4.78, 5) is 38.8. The van der Waals surface area contributed by atoms with E-state index in [0.29, 0.717) is 37.3 Å². The van der Waals surface area contributed by atoms with Gasteiger partial charge in [-0.05, 0) is 76.9 Å². The number of amides is 2. The van der Waals surface area contributed by atoms with E-state index in [1.807, 2.05) is 141 Å². The molecule has 0 atom stereocenters. The van der Waals surface area contributed by atoms with Gasteiger partial charge in [0.15, 0.2) is 0 Å². The highest BCUT2D eigenvalue weighted by molar-refractivity contribution is 5.68. The lowest BCUT2D eigenvalue weighted by molar-refractivity contribution is 0.0898. The Kier molecular flexibility index (Phi) is 13.7. The number of hydrogen-bond acceptors (Lipinski definition) is 9. The fourth-order valence-corrected chi connectivity index (χ4v) is 5.68. The van der Waals surface area contributed by atoms with Crippen molar-refractivity contribution >= 4 is 23.6 Å². The Bertz CT molecular complexity index is 1790. The zero-order valence-electron chi connectivity index (χ0n) is 31.9. The van der Waals surface area contributed by atoms with E-state index in [-0.39, 0.29) is 13.2 Å². The lowest BCUT2D eigenvalue weighted by Gasteiger charge is -2.23. The Labute approximate surface area is 318 Å². The average Bonchev–Trinajstić information content (AvgIpc) is 3.19. The molecule has 5 rings (SSSR count). The van der Waals surface area contributed by atoms with Crippen LogP contribution in [0.5, 0.6) is 11.5 Å². The first kappa shape index (κ1) is 39.0. The number of hydrogen-bond donors (Lipinski definition) is 0. The minimum atomic E-state index is -0.466. The van der Waals surface area contributed by atoms with Crippen molar-refractivity contribution in [2.24, 2.45) is 0 Å². The molecule has 0 aliphatic rings. The number of nitrogens with zero attached hydrogens (tertiary/aromatic N) is 5. The number of carbonyl (C=O) groups is 2. The first-order valence-corrected chi connectivity index (χ1v) is 17.6. The molecule has 0 bridgehead atoms. The lowest BCUT2D eigenvalue weighted by Crippen LogP contribution is -2.31. The van der Waals surface area contributed by atoms with Crippen molar-refractivity contribution in [2.45, 2.75) is 39.4 Å². The number of aromatic nitrogens is 1. The van der Waals surface area contributed by atoms with E-state index in [2.05, 4.69) is 4.98 Å². The van der Waals surface area contributed by atoms with Crippen molar-refractivity contribution in [1.82, 2.24) is 14.8 Å². The summed E-state index contributed by atoms with van der Waals surface area (Å²) in [5.74, 6) is 1.48. The molecule has 0 aliphatic heterocycles. The van der Waals surface area contributed by atoms with E-state index in [1.54, 1.807) is 36.4 Å². The molecule has 1 aromatic heterocycles. The van der Waals surface area contributed by atoms with Crippen molar-refractivity contribution < 1.29 is 28.5 Å². The fraction of sp³-hybridized carbons (Fsp3) is 0.279. The van der Waals surface area contributed by atoms with Crippen molar-refractivity contribution in [3.63, 3.8) is 0 Å². The predicted molar refractivity (Wildman–Crippen MR) is 211 cm³/mol. The number of anilines is 2. The van der Waals surface area contributed by atoms with Gasteiger partial charge in [0.05, 0.1) is 14.2 Å². The second-order valence-electron chi connectivity index (χ2n) is 13.3. The van der Waals surface area contributed by atoms with Crippen LogP contribution in [0.1, 0.15) is 33.4 Å². The van der Waals surface area contributed by atoms with Gasteiger partial charge in [0, 0.05) is 89.3 Å². The highest BCUT2D eigenvalue weighted by atomic mass is 16.6. The third-order valence-electron chi connectivity index (χ3n) is 8.81. The van der Waals surface area contributed by atoms with Crippen LogP contribution in [-0.4, -0.2) is 69.4 Å². The summed E-state index contributed by atoms with van der Waals surface area (Å²) in [6, 6.07) is 33.2. The topological polar surface area (TPSA) is 96.9 Å². The van der Waals surface area contributed by atoms with Gasteiger partial charge in [-0.1, -0.05) is 48.5 Å². The Balaban J connectivity index is 1.23. The molecule has 2 amide bonds. The number of rotatable bonds is 16. The molecule has 5 aromatic rings.